The van der Waals surface area contributed by atoms with Crippen LogP contribution in [0.4, 0.5) is 13.2 Å². The fourth-order valence-corrected chi connectivity index (χ4v) is 2.05. The van der Waals surface area contributed by atoms with Crippen molar-refractivity contribution in [1.82, 2.24) is 4.90 Å². The number of alkyl halides is 3. The summed E-state index contributed by atoms with van der Waals surface area (Å²) in [4.78, 5) is 12.9. The first-order valence-electron chi connectivity index (χ1n) is 5.97. The number of likely N-dealkylation sites (tertiary alicyclic amines) is 1. The first kappa shape index (κ1) is 16.3. The molecule has 1 fully saturated rings. The first-order valence-corrected chi connectivity index (χ1v) is 5.97. The number of esters is 1. The van der Waals surface area contributed by atoms with E-state index in [4.69, 9.17) is 5.26 Å². The molecule has 1 rings (SSSR count). The van der Waals surface area contributed by atoms with E-state index in [2.05, 4.69) is 4.74 Å². The van der Waals surface area contributed by atoms with E-state index in [0.29, 0.717) is 13.1 Å². The minimum absolute atomic E-state index is 0.0183. The molecule has 0 aromatic heterocycles. The lowest BCUT2D eigenvalue weighted by atomic mass is 9.96. The summed E-state index contributed by atoms with van der Waals surface area (Å²) in [5.74, 6) is -1.78. The van der Waals surface area contributed by atoms with Crippen LogP contribution in [0.25, 0.3) is 0 Å². The van der Waals surface area contributed by atoms with Crippen LogP contribution in [0.2, 0.25) is 0 Å². The van der Waals surface area contributed by atoms with E-state index in [1.165, 1.54) is 0 Å². The zero-order valence-corrected chi connectivity index (χ0v) is 10.9. The number of hydrogen-bond acceptors (Lipinski definition) is 5. The second-order valence-electron chi connectivity index (χ2n) is 4.49. The Labute approximate surface area is 114 Å². The standard InChI is InChI=1S/C12H15F3N2O3/c1-20-10(18)11(19,12(13,14)15)8-9(4-5-16)17-6-2-3-7-17/h4,19H,2-3,6-8H2,1H3. The van der Waals surface area contributed by atoms with E-state index in [9.17, 15) is 23.1 Å². The molecule has 1 unspecified atom stereocenters. The molecule has 0 saturated carbocycles. The fourth-order valence-electron chi connectivity index (χ4n) is 2.05. The van der Waals surface area contributed by atoms with Gasteiger partial charge in [0.05, 0.1) is 13.2 Å². The fraction of sp³-hybridized carbons (Fsp3) is 0.667. The lowest BCUT2D eigenvalue weighted by Gasteiger charge is -2.31. The predicted octanol–water partition coefficient (Wildman–Crippen LogP) is 1.35. The summed E-state index contributed by atoms with van der Waals surface area (Å²) in [5, 5.41) is 18.4. The van der Waals surface area contributed by atoms with Crippen molar-refractivity contribution in [3.8, 4) is 6.07 Å². The van der Waals surface area contributed by atoms with Crippen LogP contribution in [0.15, 0.2) is 11.8 Å². The highest BCUT2D eigenvalue weighted by Crippen LogP contribution is 2.37. The van der Waals surface area contributed by atoms with Gasteiger partial charge in [-0.3, -0.25) is 0 Å². The van der Waals surface area contributed by atoms with Gasteiger partial charge in [0.25, 0.3) is 5.60 Å². The van der Waals surface area contributed by atoms with Crippen LogP contribution in [-0.2, 0) is 9.53 Å². The molecular formula is C12H15F3N2O3. The predicted molar refractivity (Wildman–Crippen MR) is 62.1 cm³/mol. The summed E-state index contributed by atoms with van der Waals surface area (Å²) in [6, 6.07) is 1.64. The summed E-state index contributed by atoms with van der Waals surface area (Å²) in [7, 11) is 0.766. The van der Waals surface area contributed by atoms with Crippen molar-refractivity contribution in [3.05, 3.63) is 11.8 Å². The molecule has 0 spiro atoms. The molecule has 0 aliphatic carbocycles. The maximum atomic E-state index is 12.9. The quantitative estimate of drug-likeness (QED) is 0.625. The van der Waals surface area contributed by atoms with Crippen molar-refractivity contribution in [2.75, 3.05) is 20.2 Å². The third kappa shape index (κ3) is 3.22. The van der Waals surface area contributed by atoms with E-state index in [1.807, 2.05) is 0 Å². The highest BCUT2D eigenvalue weighted by molar-refractivity contribution is 5.80. The number of ether oxygens (including phenoxy) is 1. The Balaban J connectivity index is 3.07. The molecule has 1 aliphatic rings. The van der Waals surface area contributed by atoms with Gasteiger partial charge in [0.1, 0.15) is 0 Å². The number of nitrogens with zero attached hydrogens (tertiary/aromatic N) is 2. The van der Waals surface area contributed by atoms with Crippen molar-refractivity contribution in [3.63, 3.8) is 0 Å². The van der Waals surface area contributed by atoms with E-state index < -0.39 is 24.2 Å². The molecule has 0 aromatic rings. The van der Waals surface area contributed by atoms with Gasteiger partial charge < -0.3 is 14.7 Å². The Morgan fingerprint density at radius 2 is 2.00 bits per heavy atom. The summed E-state index contributed by atoms with van der Waals surface area (Å²) < 4.78 is 42.9. The zero-order chi connectivity index (χ0) is 15.4. The monoisotopic (exact) mass is 292 g/mol. The zero-order valence-electron chi connectivity index (χ0n) is 10.9. The third-order valence-corrected chi connectivity index (χ3v) is 3.17. The van der Waals surface area contributed by atoms with Gasteiger partial charge in [-0.15, -0.1) is 0 Å². The molecule has 0 aromatic carbocycles. The number of carbonyl (C=O) groups is 1. The van der Waals surface area contributed by atoms with Gasteiger partial charge in [0.2, 0.25) is 0 Å². The van der Waals surface area contributed by atoms with Crippen molar-refractivity contribution >= 4 is 5.97 Å². The summed E-state index contributed by atoms with van der Waals surface area (Å²) in [6.45, 7) is 0.977. The normalized spacial score (nSPS) is 19.4. The Kier molecular flexibility index (Phi) is 5.00. The van der Waals surface area contributed by atoms with Gasteiger partial charge in [-0.25, -0.2) is 4.79 Å². The van der Waals surface area contributed by atoms with Gasteiger partial charge >= 0.3 is 12.1 Å². The summed E-state index contributed by atoms with van der Waals surface area (Å²) in [5.41, 5.74) is -3.66. The van der Waals surface area contributed by atoms with Crippen LogP contribution in [0.5, 0.6) is 0 Å². The molecule has 1 heterocycles. The van der Waals surface area contributed by atoms with Crippen LogP contribution in [0.3, 0.4) is 0 Å². The summed E-state index contributed by atoms with van der Waals surface area (Å²) in [6.07, 6.45) is -3.73. The number of rotatable bonds is 4. The molecule has 0 radical (unpaired) electrons. The Morgan fingerprint density at radius 3 is 2.40 bits per heavy atom. The highest BCUT2D eigenvalue weighted by Gasteiger charge is 2.61. The van der Waals surface area contributed by atoms with Crippen LogP contribution in [-0.4, -0.2) is 48.0 Å². The van der Waals surface area contributed by atoms with Crippen molar-refractivity contribution < 1.29 is 27.8 Å². The molecular weight excluding hydrogens is 277 g/mol. The number of aliphatic hydroxyl groups is 1. The van der Waals surface area contributed by atoms with Crippen LogP contribution in [0, 0.1) is 11.3 Å². The lowest BCUT2D eigenvalue weighted by Crippen LogP contribution is -2.53. The molecule has 0 amide bonds. The van der Waals surface area contributed by atoms with Gasteiger partial charge in [-0.05, 0) is 12.8 Å². The van der Waals surface area contributed by atoms with E-state index in [1.54, 1.807) is 11.0 Å². The van der Waals surface area contributed by atoms with E-state index >= 15 is 0 Å². The van der Waals surface area contributed by atoms with Gasteiger partial charge in [0.15, 0.2) is 0 Å². The number of halogens is 3. The molecule has 5 nitrogen and oxygen atoms in total. The number of carbonyl (C=O) groups excluding carboxylic acids is 1. The van der Waals surface area contributed by atoms with Crippen molar-refractivity contribution in [1.29, 1.82) is 5.26 Å². The largest absolute Gasteiger partial charge is 0.467 e. The Bertz CT molecular complexity index is 436. The van der Waals surface area contributed by atoms with Crippen molar-refractivity contribution in [2.45, 2.75) is 31.0 Å². The number of nitriles is 1. The van der Waals surface area contributed by atoms with Crippen LogP contribution in [0.1, 0.15) is 19.3 Å². The van der Waals surface area contributed by atoms with E-state index in [0.717, 1.165) is 26.0 Å². The maximum Gasteiger partial charge on any atom is 0.428 e. The Morgan fingerprint density at radius 1 is 1.45 bits per heavy atom. The number of allylic oxidation sites excluding steroid dienone is 1. The lowest BCUT2D eigenvalue weighted by molar-refractivity contribution is -0.261. The molecule has 20 heavy (non-hydrogen) atoms. The smallest absolute Gasteiger partial charge is 0.428 e. The number of hydrogen-bond donors (Lipinski definition) is 1. The SMILES string of the molecule is COC(=O)C(O)(CC(=CC#N)N1CCCC1)C(F)(F)F. The third-order valence-electron chi connectivity index (χ3n) is 3.17. The molecule has 8 heteroatoms. The minimum atomic E-state index is -5.19. The first-order chi connectivity index (χ1) is 9.26. The van der Waals surface area contributed by atoms with Gasteiger partial charge in [-0.1, -0.05) is 0 Å². The van der Waals surface area contributed by atoms with Crippen LogP contribution < -0.4 is 0 Å². The molecule has 1 aliphatic heterocycles. The van der Waals surface area contributed by atoms with Crippen molar-refractivity contribution in [2.24, 2.45) is 0 Å². The maximum absolute atomic E-state index is 12.9. The second-order valence-corrected chi connectivity index (χ2v) is 4.49. The second kappa shape index (κ2) is 6.13. The molecule has 112 valence electrons. The van der Waals surface area contributed by atoms with E-state index in [-0.39, 0.29) is 5.70 Å². The average Bonchev–Trinajstić information content (AvgIpc) is 2.89. The number of methoxy groups -OCH3 is 1. The van der Waals surface area contributed by atoms with Gasteiger partial charge in [0, 0.05) is 31.3 Å². The minimum Gasteiger partial charge on any atom is -0.467 e. The molecule has 1 N–H and O–H groups in total. The van der Waals surface area contributed by atoms with Gasteiger partial charge in [-0.2, -0.15) is 18.4 Å². The highest BCUT2D eigenvalue weighted by atomic mass is 19.4. The Hall–Kier alpha value is -1.75. The van der Waals surface area contributed by atoms with Crippen LogP contribution >= 0.6 is 0 Å². The molecule has 0 bridgehead atoms. The average molecular weight is 292 g/mol. The summed E-state index contributed by atoms with van der Waals surface area (Å²) >= 11 is 0. The molecule has 1 saturated heterocycles. The topological polar surface area (TPSA) is 73.6 Å². The molecule has 1 atom stereocenters.